The minimum absolute atomic E-state index is 0.256. The summed E-state index contributed by atoms with van der Waals surface area (Å²) in [5, 5.41) is 5.40. The SMILES string of the molecule is C=CCNc1nc(C(=O)OCc2ccc(C)cc2)cs1. The molecule has 0 unspecified atom stereocenters. The van der Waals surface area contributed by atoms with Gasteiger partial charge in [0.15, 0.2) is 10.8 Å². The third-order valence-corrected chi connectivity index (χ3v) is 3.40. The molecule has 2 aromatic rings. The van der Waals surface area contributed by atoms with E-state index in [2.05, 4.69) is 16.9 Å². The summed E-state index contributed by atoms with van der Waals surface area (Å²) >= 11 is 1.37. The number of thiazole rings is 1. The third kappa shape index (κ3) is 3.93. The van der Waals surface area contributed by atoms with Gasteiger partial charge in [-0.3, -0.25) is 0 Å². The van der Waals surface area contributed by atoms with Gasteiger partial charge in [0.2, 0.25) is 0 Å². The number of nitrogens with one attached hydrogen (secondary N) is 1. The first kappa shape index (κ1) is 14.3. The molecule has 1 heterocycles. The second kappa shape index (κ2) is 6.86. The lowest BCUT2D eigenvalue weighted by molar-refractivity contribution is 0.0467. The molecule has 0 saturated heterocycles. The first-order chi connectivity index (χ1) is 9.69. The summed E-state index contributed by atoms with van der Waals surface area (Å²) in [5.41, 5.74) is 2.47. The maximum atomic E-state index is 11.8. The van der Waals surface area contributed by atoms with Gasteiger partial charge in [0.1, 0.15) is 6.61 Å². The van der Waals surface area contributed by atoms with E-state index in [1.807, 2.05) is 31.2 Å². The van der Waals surface area contributed by atoms with Gasteiger partial charge in [-0.2, -0.15) is 0 Å². The van der Waals surface area contributed by atoms with Crippen molar-refractivity contribution in [2.45, 2.75) is 13.5 Å². The number of hydrogen-bond donors (Lipinski definition) is 1. The number of hydrogen-bond acceptors (Lipinski definition) is 5. The molecule has 0 aliphatic heterocycles. The molecule has 0 radical (unpaired) electrons. The molecular formula is C15H16N2O2S. The summed E-state index contributed by atoms with van der Waals surface area (Å²) in [6.45, 7) is 6.50. The number of aryl methyl sites for hydroxylation is 1. The minimum atomic E-state index is -0.409. The van der Waals surface area contributed by atoms with Crippen LogP contribution in [0, 0.1) is 6.92 Å². The maximum Gasteiger partial charge on any atom is 0.358 e. The lowest BCUT2D eigenvalue weighted by Crippen LogP contribution is -2.06. The molecule has 5 heteroatoms. The van der Waals surface area contributed by atoms with Crippen LogP contribution in [0.1, 0.15) is 21.6 Å². The molecule has 104 valence electrons. The largest absolute Gasteiger partial charge is 0.456 e. The summed E-state index contributed by atoms with van der Waals surface area (Å²) in [4.78, 5) is 16.0. The molecule has 0 saturated carbocycles. The molecule has 1 aromatic carbocycles. The van der Waals surface area contributed by atoms with E-state index in [4.69, 9.17) is 4.74 Å². The van der Waals surface area contributed by atoms with Crippen molar-refractivity contribution < 1.29 is 9.53 Å². The summed E-state index contributed by atoms with van der Waals surface area (Å²) in [5.74, 6) is -0.409. The first-order valence-electron chi connectivity index (χ1n) is 6.22. The smallest absolute Gasteiger partial charge is 0.358 e. The molecule has 0 bridgehead atoms. The van der Waals surface area contributed by atoms with E-state index in [1.54, 1.807) is 11.5 Å². The number of aromatic nitrogens is 1. The highest BCUT2D eigenvalue weighted by Crippen LogP contribution is 2.16. The van der Waals surface area contributed by atoms with Crippen LogP contribution < -0.4 is 5.32 Å². The average molecular weight is 288 g/mol. The van der Waals surface area contributed by atoms with E-state index in [0.717, 1.165) is 5.56 Å². The number of benzene rings is 1. The van der Waals surface area contributed by atoms with Crippen molar-refractivity contribution in [2.75, 3.05) is 11.9 Å². The summed E-state index contributed by atoms with van der Waals surface area (Å²) in [6, 6.07) is 7.87. The van der Waals surface area contributed by atoms with E-state index in [0.29, 0.717) is 17.4 Å². The predicted octanol–water partition coefficient (Wildman–Crippen LogP) is 3.41. The van der Waals surface area contributed by atoms with Crippen molar-refractivity contribution in [3.63, 3.8) is 0 Å². The highest BCUT2D eigenvalue weighted by atomic mass is 32.1. The Balaban J connectivity index is 1.89. The van der Waals surface area contributed by atoms with Gasteiger partial charge in [-0.05, 0) is 12.5 Å². The molecule has 0 amide bonds. The van der Waals surface area contributed by atoms with Gasteiger partial charge in [0.25, 0.3) is 0 Å². The van der Waals surface area contributed by atoms with Crippen molar-refractivity contribution >= 4 is 22.4 Å². The Bertz CT molecular complexity index is 590. The Labute approximate surface area is 122 Å². The van der Waals surface area contributed by atoms with Crippen LogP contribution in [0.25, 0.3) is 0 Å². The number of anilines is 1. The molecule has 0 atom stereocenters. The number of nitrogens with zero attached hydrogens (tertiary/aromatic N) is 1. The molecule has 2 rings (SSSR count). The molecule has 1 aromatic heterocycles. The van der Waals surface area contributed by atoms with Crippen molar-refractivity contribution in [1.29, 1.82) is 0 Å². The standard InChI is InChI=1S/C15H16N2O2S/c1-3-8-16-15-17-13(10-20-15)14(18)19-9-12-6-4-11(2)5-7-12/h3-7,10H,1,8-9H2,2H3,(H,16,17). The molecule has 0 aliphatic rings. The van der Waals surface area contributed by atoms with Crippen LogP contribution in [-0.4, -0.2) is 17.5 Å². The Hall–Kier alpha value is -2.14. The van der Waals surface area contributed by atoms with Crippen LogP contribution in [0.15, 0.2) is 42.3 Å². The number of carbonyl (C=O) groups is 1. The van der Waals surface area contributed by atoms with Gasteiger partial charge in [0, 0.05) is 11.9 Å². The summed E-state index contributed by atoms with van der Waals surface area (Å²) in [7, 11) is 0. The normalized spacial score (nSPS) is 10.1. The minimum Gasteiger partial charge on any atom is -0.456 e. The lowest BCUT2D eigenvalue weighted by atomic mass is 10.2. The van der Waals surface area contributed by atoms with Crippen molar-refractivity contribution in [3.05, 3.63) is 59.1 Å². The van der Waals surface area contributed by atoms with Gasteiger partial charge in [-0.15, -0.1) is 17.9 Å². The lowest BCUT2D eigenvalue weighted by Gasteiger charge is -2.03. The molecule has 0 spiro atoms. The molecule has 20 heavy (non-hydrogen) atoms. The van der Waals surface area contributed by atoms with Gasteiger partial charge in [0.05, 0.1) is 0 Å². The van der Waals surface area contributed by atoms with Crippen LogP contribution >= 0.6 is 11.3 Å². The Morgan fingerprint density at radius 3 is 2.90 bits per heavy atom. The van der Waals surface area contributed by atoms with Gasteiger partial charge in [-0.25, -0.2) is 9.78 Å². The van der Waals surface area contributed by atoms with Crippen LogP contribution in [0.5, 0.6) is 0 Å². The van der Waals surface area contributed by atoms with E-state index in [9.17, 15) is 4.79 Å². The molecule has 1 N–H and O–H groups in total. The Morgan fingerprint density at radius 1 is 1.45 bits per heavy atom. The molecular weight excluding hydrogens is 272 g/mol. The van der Waals surface area contributed by atoms with E-state index >= 15 is 0 Å². The Kier molecular flexibility index (Phi) is 4.90. The second-order valence-corrected chi connectivity index (χ2v) is 5.13. The monoisotopic (exact) mass is 288 g/mol. The van der Waals surface area contributed by atoms with Crippen LogP contribution in [0.4, 0.5) is 5.13 Å². The molecule has 0 fully saturated rings. The molecule has 4 nitrogen and oxygen atoms in total. The Morgan fingerprint density at radius 2 is 2.20 bits per heavy atom. The average Bonchev–Trinajstić information content (AvgIpc) is 2.93. The van der Waals surface area contributed by atoms with Crippen LogP contribution in [0.3, 0.4) is 0 Å². The summed E-state index contributed by atoms with van der Waals surface area (Å²) in [6.07, 6.45) is 1.73. The van der Waals surface area contributed by atoms with Crippen molar-refractivity contribution in [3.8, 4) is 0 Å². The van der Waals surface area contributed by atoms with Crippen LogP contribution in [0.2, 0.25) is 0 Å². The fraction of sp³-hybridized carbons (Fsp3) is 0.200. The number of rotatable bonds is 6. The quantitative estimate of drug-likeness (QED) is 0.654. The fourth-order valence-corrected chi connectivity index (χ4v) is 2.21. The number of carbonyl (C=O) groups excluding carboxylic acids is 1. The summed E-state index contributed by atoms with van der Waals surface area (Å²) < 4.78 is 5.23. The van der Waals surface area contributed by atoms with E-state index < -0.39 is 5.97 Å². The van der Waals surface area contributed by atoms with Gasteiger partial charge < -0.3 is 10.1 Å². The third-order valence-electron chi connectivity index (χ3n) is 2.60. The number of esters is 1. The second-order valence-electron chi connectivity index (χ2n) is 4.27. The first-order valence-corrected chi connectivity index (χ1v) is 7.10. The van der Waals surface area contributed by atoms with Gasteiger partial charge >= 0.3 is 5.97 Å². The zero-order chi connectivity index (χ0) is 14.4. The van der Waals surface area contributed by atoms with Crippen LogP contribution in [-0.2, 0) is 11.3 Å². The zero-order valence-corrected chi connectivity index (χ0v) is 12.1. The van der Waals surface area contributed by atoms with E-state index in [1.165, 1.54) is 16.9 Å². The van der Waals surface area contributed by atoms with E-state index in [-0.39, 0.29) is 6.61 Å². The van der Waals surface area contributed by atoms with Gasteiger partial charge in [-0.1, -0.05) is 35.9 Å². The highest BCUT2D eigenvalue weighted by Gasteiger charge is 2.12. The maximum absolute atomic E-state index is 11.8. The van der Waals surface area contributed by atoms with Crippen molar-refractivity contribution in [2.24, 2.45) is 0 Å². The highest BCUT2D eigenvalue weighted by molar-refractivity contribution is 7.13. The fourth-order valence-electron chi connectivity index (χ4n) is 1.52. The topological polar surface area (TPSA) is 51.2 Å². The molecule has 0 aliphatic carbocycles. The van der Waals surface area contributed by atoms with Crippen molar-refractivity contribution in [1.82, 2.24) is 4.98 Å². The zero-order valence-electron chi connectivity index (χ0n) is 11.3. The predicted molar refractivity (Wildman–Crippen MR) is 81.1 cm³/mol. The number of ether oxygens (including phenoxy) is 1.